The number of ether oxygens (including phenoxy) is 10. The minimum Gasteiger partial charge on any atom is -0.398 e. The van der Waals surface area contributed by atoms with E-state index in [9.17, 15) is 90.2 Å². The van der Waals surface area contributed by atoms with Gasteiger partial charge in [0.05, 0.1) is 50.4 Å². The monoisotopic (exact) mass is 1970 g/mol. The fraction of sp³-hybridized carbons (Fsp3) is 0.182. The van der Waals surface area contributed by atoms with Crippen LogP contribution in [0.5, 0.6) is 57.5 Å². The summed E-state index contributed by atoms with van der Waals surface area (Å²) in [6, 6.07) is 36.7. The van der Waals surface area contributed by atoms with Crippen molar-refractivity contribution in [2.75, 3.05) is 64.4 Å². The fourth-order valence-corrected chi connectivity index (χ4v) is 14.8. The summed E-state index contributed by atoms with van der Waals surface area (Å²) in [7, 11) is 3.63. The number of carbonyl (C=O) groups excluding carboxylic acids is 6. The molecule has 0 radical (unpaired) electrons. The van der Waals surface area contributed by atoms with Crippen LogP contribution in [0.2, 0.25) is 5.02 Å². The van der Waals surface area contributed by atoms with E-state index in [1.165, 1.54) is 97.5 Å². The van der Waals surface area contributed by atoms with Crippen LogP contribution < -0.4 is 101 Å². The first kappa shape index (κ1) is 93.0. The Labute approximate surface area is 778 Å². The number of nitrogens with zero attached hydrogens (tertiary/aromatic N) is 10. The van der Waals surface area contributed by atoms with E-state index in [1.54, 1.807) is 35.2 Å². The van der Waals surface area contributed by atoms with Crippen LogP contribution in [0.4, 0.5) is 119 Å². The second-order valence-electron chi connectivity index (χ2n) is 31.3. The van der Waals surface area contributed by atoms with E-state index in [4.69, 9.17) is 23.1 Å². The summed E-state index contributed by atoms with van der Waals surface area (Å²) in [6.45, 7) is 2.00. The highest BCUT2D eigenvalue weighted by Gasteiger charge is 2.49. The van der Waals surface area contributed by atoms with E-state index in [0.29, 0.717) is 96.3 Å². The lowest BCUT2D eigenvalue weighted by Gasteiger charge is -2.29. The van der Waals surface area contributed by atoms with Crippen LogP contribution in [-0.2, 0) is 25.4 Å². The van der Waals surface area contributed by atoms with Crippen molar-refractivity contribution in [1.82, 2.24) is 56.1 Å². The van der Waals surface area contributed by atoms with Crippen molar-refractivity contribution < 1.29 is 138 Å². The largest absolute Gasteiger partial charge is 0.586 e. The number of alkyl halides is 13. The molecule has 1 fully saturated rings. The SMILES string of the molecule is CN(C)c1cc(C(=O)Nc2nc3cc4c(cc3[nH]2)OC(F)(F)O4)ccn1.Nc1ccc(C(=O)NC2=Nc3cc4c(cc3C2)OC(F)(F)O4)cc1C(F)(F)F.Nc1ccc(C(=O)NC2=Nc3cc4c(cc3C2)OC(F)(F)O4)cc1F.O=C(NC1=Nc2cc3c(cc2C1)OC(F)(F)O3)c1cccc(N2CCCCC2)c1.O=C(Nc1n[nH]c(C(=O)Nc2nc3cc4c(cc3[nH]2)OC(F)(F)O4)n1)c1ccc(Cl)cc1. The average molecular weight is 1970 g/mol. The number of benzene rings is 9. The molecular weight excluding hydrogens is 1910 g/mol. The number of amidine groups is 3. The second-order valence-corrected chi connectivity index (χ2v) is 31.7. The van der Waals surface area contributed by atoms with Gasteiger partial charge in [-0.15, -0.1) is 49.0 Å². The van der Waals surface area contributed by atoms with Crippen LogP contribution in [0.25, 0.3) is 22.1 Å². The summed E-state index contributed by atoms with van der Waals surface area (Å²) in [5.41, 5.74) is 15.4. The Bertz CT molecular complexity index is 7270. The first-order chi connectivity index (χ1) is 66.3. The van der Waals surface area contributed by atoms with E-state index in [-0.39, 0.29) is 140 Å². The van der Waals surface area contributed by atoms with E-state index in [2.05, 4.69) is 139 Å². The number of amides is 6. The Morgan fingerprint density at radius 2 is 0.821 bits per heavy atom. The molecule has 140 heavy (non-hydrogen) atoms. The van der Waals surface area contributed by atoms with Gasteiger partial charge in [-0.25, -0.2) is 34.3 Å². The molecule has 720 valence electrons. The van der Waals surface area contributed by atoms with Gasteiger partial charge < -0.3 is 94.6 Å². The number of halogens is 15. The van der Waals surface area contributed by atoms with Crippen molar-refractivity contribution in [3.63, 3.8) is 0 Å². The van der Waals surface area contributed by atoms with Gasteiger partial charge in [0.15, 0.2) is 57.5 Å². The number of aromatic nitrogens is 8. The van der Waals surface area contributed by atoms with Gasteiger partial charge in [-0.3, -0.25) is 49.8 Å². The lowest BCUT2D eigenvalue weighted by molar-refractivity contribution is -0.287. The number of rotatable bonds is 11. The summed E-state index contributed by atoms with van der Waals surface area (Å²) in [4.78, 5) is 113. The third-order valence-electron chi connectivity index (χ3n) is 21.1. The van der Waals surface area contributed by atoms with Crippen molar-refractivity contribution in [3.8, 4) is 57.5 Å². The topological polar surface area (TPSA) is 474 Å². The number of aromatic amines is 3. The molecule has 0 unspecified atom stereocenters. The smallest absolute Gasteiger partial charge is 0.398 e. The van der Waals surface area contributed by atoms with Crippen molar-refractivity contribution >= 4 is 144 Å². The lowest BCUT2D eigenvalue weighted by Crippen LogP contribution is -2.32. The number of hydrogen-bond donors (Lipinski definition) is 11. The molecule has 6 amide bonds. The third kappa shape index (κ3) is 20.8. The van der Waals surface area contributed by atoms with E-state index in [1.807, 2.05) is 32.3 Å². The molecule has 0 bridgehead atoms. The number of nitrogens with one attached hydrogen (secondary N) is 9. The van der Waals surface area contributed by atoms with Gasteiger partial charge in [0.1, 0.15) is 29.1 Å². The zero-order chi connectivity index (χ0) is 99.0. The van der Waals surface area contributed by atoms with Crippen molar-refractivity contribution in [1.29, 1.82) is 0 Å². The highest BCUT2D eigenvalue weighted by atomic mass is 35.5. The zero-order valence-electron chi connectivity index (χ0n) is 71.1. The summed E-state index contributed by atoms with van der Waals surface area (Å²) in [5.74, 6) is -3.74. The number of H-pyrrole nitrogens is 3. The Balaban J connectivity index is 0.000000116. The van der Waals surface area contributed by atoms with E-state index >= 15 is 0 Å². The molecule has 13 N–H and O–H groups in total. The highest BCUT2D eigenvalue weighted by Crippen LogP contribution is 2.51. The standard InChI is InChI=1S/C21H19F2N3O3.C18H10ClF2N7O4.C17H10F5N3O3.C16H10F3N3O3.C16H13F2N5O3/c22-21(23)28-17-10-14-11-19(24-16(14)12-18(17)29-21)25-20(27)13-5-4-6-15(9-13)26-7-2-1-3-8-26;19-8-3-1-7(2-4-8)14(29)25-17-24-13(27-28-17)15(30)26-16-22-9-5-11-12(6-10(9)23-16)32-18(20,21)31-11;18-16(19,20)9-3-7(1-2-10(9)23)15(26)25-14-5-8-4-12-13(6-11(8)24-14)28-17(21,22)27-12;17-9-3-7(1-2-10(9)20)15(23)22-14-5-8-4-12-13(6-11(8)21-14)25-16(18,19)24-12;1-23(2)13-5-8(3-4-19-13)14(24)22-15-20-9-6-11-12(7-10(9)21-15)26-16(17,18)25-11/h4-6,9-10,12H,1-3,7-8,11H2,(H,24,25,27);1-6H,(H2,22,23,26,30)(H2,24,25,27,28,29);1-4,6H,5,23H2,(H,24,25,26);1-4,6H,5,20H2,(H,21,22,23);3-7H,1-2H3,(H2,20,21,22,24). The number of pyridine rings is 1. The van der Waals surface area contributed by atoms with E-state index < -0.39 is 78.3 Å². The molecule has 37 nitrogen and oxygen atoms in total. The maximum absolute atomic E-state index is 13.4. The van der Waals surface area contributed by atoms with Gasteiger partial charge in [-0.1, -0.05) is 17.7 Å². The summed E-state index contributed by atoms with van der Waals surface area (Å²) >= 11 is 5.79. The average Bonchev–Trinajstić information content (AvgIpc) is 1.64. The Hall–Kier alpha value is -17.5. The molecule has 4 aromatic heterocycles. The van der Waals surface area contributed by atoms with Gasteiger partial charge in [-0.05, 0) is 145 Å². The van der Waals surface area contributed by atoms with Crippen LogP contribution in [0.1, 0.15) is 104 Å². The van der Waals surface area contributed by atoms with Crippen LogP contribution in [0.15, 0.2) is 179 Å². The molecule has 9 aromatic carbocycles. The Morgan fingerprint density at radius 3 is 1.27 bits per heavy atom. The van der Waals surface area contributed by atoms with Crippen LogP contribution in [0, 0.1) is 5.82 Å². The summed E-state index contributed by atoms with van der Waals surface area (Å²) in [6.07, 6.45) is -17.5. The Kier molecular flexibility index (Phi) is 23.9. The quantitative estimate of drug-likeness (QED) is 0.0423. The molecule has 0 saturated carbocycles. The minimum atomic E-state index is -4.70. The predicted molar refractivity (Wildman–Crippen MR) is 467 cm³/mol. The normalized spacial score (nSPS) is 16.0. The van der Waals surface area contributed by atoms with Gasteiger partial charge in [0.2, 0.25) is 23.7 Å². The molecule has 9 aliphatic rings. The van der Waals surface area contributed by atoms with Crippen molar-refractivity contribution in [3.05, 3.63) is 231 Å². The molecular formula is C88H62ClF14N21O16. The molecule has 9 aliphatic heterocycles. The Morgan fingerprint density at radius 1 is 0.429 bits per heavy atom. The van der Waals surface area contributed by atoms with Crippen LogP contribution in [-0.4, -0.2) is 152 Å². The fourth-order valence-electron chi connectivity index (χ4n) is 14.7. The maximum Gasteiger partial charge on any atom is 0.586 e. The van der Waals surface area contributed by atoms with Crippen LogP contribution >= 0.6 is 11.6 Å². The molecule has 1 saturated heterocycles. The second kappa shape index (κ2) is 36.0. The van der Waals surface area contributed by atoms with Crippen molar-refractivity contribution in [2.24, 2.45) is 15.0 Å². The van der Waals surface area contributed by atoms with Gasteiger partial charge in [0.25, 0.3) is 35.4 Å². The molecule has 0 aliphatic carbocycles. The number of piperidine rings is 1. The molecule has 22 rings (SSSR count). The lowest BCUT2D eigenvalue weighted by atomic mass is 10.1. The highest BCUT2D eigenvalue weighted by molar-refractivity contribution is 6.30. The number of hydrogen-bond acceptors (Lipinski definition) is 28. The number of nitrogens with two attached hydrogens (primary N) is 2. The molecule has 52 heteroatoms. The van der Waals surface area contributed by atoms with Crippen molar-refractivity contribution in [2.45, 2.75) is 76.2 Å². The predicted octanol–water partition coefficient (Wildman–Crippen LogP) is 16.1. The summed E-state index contributed by atoms with van der Waals surface area (Å²) in [5, 5.41) is 21.9. The molecule has 13 heterocycles. The van der Waals surface area contributed by atoms with Crippen LogP contribution in [0.3, 0.4) is 0 Å². The number of fused-ring (bicyclic) bond motifs is 10. The van der Waals surface area contributed by atoms with E-state index in [0.717, 1.165) is 49.8 Å². The number of nitrogen functional groups attached to an aromatic ring is 2. The zero-order valence-corrected chi connectivity index (χ0v) is 71.8. The number of imidazole rings is 2. The molecule has 0 spiro atoms. The first-order valence-electron chi connectivity index (χ1n) is 41.0. The molecule has 13 aromatic rings. The number of anilines is 7. The minimum absolute atomic E-state index is 0.0172. The van der Waals surface area contributed by atoms with Gasteiger partial charge >= 0.3 is 37.6 Å². The van der Waals surface area contributed by atoms with Gasteiger partial charge in [0, 0.05) is 139 Å². The number of carbonyl (C=O) groups is 6. The number of aliphatic imine (C=N–C) groups is 3. The first-order valence-corrected chi connectivity index (χ1v) is 41.4. The summed E-state index contributed by atoms with van der Waals surface area (Å²) < 4.78 is 227. The third-order valence-corrected chi connectivity index (χ3v) is 21.4. The maximum atomic E-state index is 13.4. The van der Waals surface area contributed by atoms with Gasteiger partial charge in [-0.2, -0.15) is 18.2 Å². The molecule has 0 atom stereocenters.